The summed E-state index contributed by atoms with van der Waals surface area (Å²) < 4.78 is 24.0. The predicted molar refractivity (Wildman–Crippen MR) is 219 cm³/mol. The van der Waals surface area contributed by atoms with Crippen LogP contribution >= 0.6 is 0 Å². The fraction of sp³-hybridized carbons (Fsp3) is 0.568. The van der Waals surface area contributed by atoms with Crippen molar-refractivity contribution in [3.05, 3.63) is 58.0 Å². The molecule has 59 heavy (non-hydrogen) atoms. The molecule has 1 spiro atoms. The number of allylic oxidation sites excluding steroid dienone is 2. The lowest BCUT2D eigenvalue weighted by Crippen LogP contribution is -2.50. The van der Waals surface area contributed by atoms with Crippen LogP contribution in [0.4, 0.5) is 5.69 Å². The van der Waals surface area contributed by atoms with Crippen LogP contribution in [0.2, 0.25) is 0 Å². The molecule has 2 aromatic rings. The van der Waals surface area contributed by atoms with Crippen molar-refractivity contribution >= 4 is 34.1 Å². The molecule has 0 unspecified atom stereocenters. The predicted octanol–water partition coefficient (Wildman–Crippen LogP) is 3.77. The van der Waals surface area contributed by atoms with Gasteiger partial charge in [-0.1, -0.05) is 45.9 Å². The summed E-state index contributed by atoms with van der Waals surface area (Å²) in [7, 11) is 3.50. The number of ketones is 1. The van der Waals surface area contributed by atoms with Crippen molar-refractivity contribution in [3.8, 4) is 17.2 Å². The van der Waals surface area contributed by atoms with Crippen LogP contribution in [0.1, 0.15) is 77.2 Å². The number of methoxy groups -OCH3 is 1. The van der Waals surface area contributed by atoms with E-state index in [0.717, 1.165) is 13.1 Å². The number of phenolic OH excluding ortho intramolecular Hbond substituents is 2. The van der Waals surface area contributed by atoms with Gasteiger partial charge in [0.05, 0.1) is 53.0 Å². The van der Waals surface area contributed by atoms with E-state index >= 15 is 0 Å². The first-order valence-electron chi connectivity index (χ1n) is 20.2. The maximum absolute atomic E-state index is 14.7. The van der Waals surface area contributed by atoms with E-state index in [2.05, 4.69) is 10.2 Å². The third-order valence-corrected chi connectivity index (χ3v) is 12.8. The second-order valence-electron chi connectivity index (χ2n) is 17.0. The van der Waals surface area contributed by atoms with Crippen LogP contribution in [-0.2, 0) is 23.8 Å². The Morgan fingerprint density at radius 2 is 1.64 bits per heavy atom. The second-order valence-corrected chi connectivity index (χ2v) is 17.0. The molecule has 0 radical (unpaired) electrons. The molecular formula is C44H58N4O11. The zero-order valence-corrected chi connectivity index (χ0v) is 35.5. The molecule has 9 atom stereocenters. The first-order valence-corrected chi connectivity index (χ1v) is 20.2. The maximum atomic E-state index is 14.7. The average molecular weight is 819 g/mol. The molecule has 1 amide bonds. The number of Topliss-reactive ketones (excluding diaryl/α,β-unsaturated/α-hetero) is 1. The molecule has 15 heteroatoms. The van der Waals surface area contributed by atoms with E-state index in [9.17, 15) is 34.8 Å². The number of aromatic hydroxyl groups is 2. The number of hydrogen-bond acceptors (Lipinski definition) is 14. The van der Waals surface area contributed by atoms with Gasteiger partial charge in [-0.3, -0.25) is 24.4 Å². The molecular weight excluding hydrogens is 761 g/mol. The number of aliphatic hydroxyl groups excluding tert-OH is 2. The molecule has 15 nitrogen and oxygen atoms in total. The Balaban J connectivity index is 1.56. The van der Waals surface area contributed by atoms with Gasteiger partial charge in [-0.25, -0.2) is 0 Å². The van der Waals surface area contributed by atoms with E-state index in [0.29, 0.717) is 12.8 Å². The van der Waals surface area contributed by atoms with Crippen molar-refractivity contribution < 1.29 is 53.8 Å². The third kappa shape index (κ3) is 7.97. The topological polar surface area (TPSA) is 209 Å². The summed E-state index contributed by atoms with van der Waals surface area (Å²) in [6, 6.07) is 0. The number of aliphatic hydroxyl groups is 2. The number of carbonyl (C=O) groups excluding carboxylic acids is 3. The van der Waals surface area contributed by atoms with Gasteiger partial charge < -0.3 is 49.6 Å². The molecule has 1 saturated heterocycles. The molecule has 4 aliphatic rings. The Labute approximate surface area is 344 Å². The van der Waals surface area contributed by atoms with Crippen LogP contribution in [0.25, 0.3) is 10.8 Å². The van der Waals surface area contributed by atoms with Crippen LogP contribution in [0.5, 0.6) is 17.2 Å². The number of nitrogens with one attached hydrogen (secondary N) is 1. The number of rotatable bonds is 2. The van der Waals surface area contributed by atoms with Crippen molar-refractivity contribution in [3.63, 3.8) is 0 Å². The number of phenols is 2. The van der Waals surface area contributed by atoms with E-state index in [1.54, 1.807) is 65.8 Å². The molecule has 4 bridgehead atoms. The van der Waals surface area contributed by atoms with Gasteiger partial charge in [0, 0.05) is 74.2 Å². The largest absolute Gasteiger partial charge is 0.507 e. The highest BCUT2D eigenvalue weighted by Crippen LogP contribution is 2.49. The maximum Gasteiger partial charge on any atom is 0.312 e. The molecule has 4 heterocycles. The van der Waals surface area contributed by atoms with Crippen molar-refractivity contribution in [2.24, 2.45) is 33.7 Å². The molecule has 0 aromatic heterocycles. The van der Waals surface area contributed by atoms with E-state index in [-0.39, 0.29) is 61.9 Å². The number of fused-ring (bicyclic) bond motifs is 1. The van der Waals surface area contributed by atoms with Crippen LogP contribution in [0.3, 0.4) is 0 Å². The summed E-state index contributed by atoms with van der Waals surface area (Å²) in [6.07, 6.45) is 5.28. The smallest absolute Gasteiger partial charge is 0.312 e. The zero-order chi connectivity index (χ0) is 43.3. The Bertz CT molecular complexity index is 2240. The number of amides is 1. The molecule has 1 fully saturated rings. The zero-order valence-electron chi connectivity index (χ0n) is 35.5. The third-order valence-electron chi connectivity index (χ3n) is 12.8. The van der Waals surface area contributed by atoms with E-state index in [1.807, 2.05) is 7.05 Å². The van der Waals surface area contributed by atoms with Crippen LogP contribution in [-0.4, -0.2) is 113 Å². The highest BCUT2D eigenvalue weighted by atomic mass is 16.7. The monoisotopic (exact) mass is 818 g/mol. The number of hydrogen-bond donors (Lipinski definition) is 5. The van der Waals surface area contributed by atoms with Crippen LogP contribution < -0.4 is 20.8 Å². The minimum absolute atomic E-state index is 0.0371. The van der Waals surface area contributed by atoms with Gasteiger partial charge >= 0.3 is 11.8 Å². The molecule has 320 valence electrons. The molecule has 0 saturated carbocycles. The first-order chi connectivity index (χ1) is 27.8. The highest BCUT2D eigenvalue weighted by Gasteiger charge is 2.50. The standard InChI is InChI=1S/C44H58N4O11/c1-21-12-11-13-22(2)42(55)46-34-33-32(47-44(20-45-33)15-17-48(9)18-16-44)29-30(38(34)53)37(52)26(6)40-31(29)41(54)43(8,59-40)57-19-14-28(56-10)23(3)39(58-27(7)49)25(5)36(51)24(4)35(21)50/h11-14,19,21,23-25,28,35-36,39,50-53H,15-18,20H2,1-10H3,(H,46,55)/b12-11+,19-14+,22-13-/t21-,23+,24+,25+,28-,35-,36+,39+,43-/m0/s1. The summed E-state index contributed by atoms with van der Waals surface area (Å²) >= 11 is 0. The first kappa shape index (κ1) is 43.7. The Hall–Kier alpha value is -4.83. The summed E-state index contributed by atoms with van der Waals surface area (Å²) in [5.41, 5.74) is -0.254. The molecule has 0 aliphatic carbocycles. The van der Waals surface area contributed by atoms with Crippen LogP contribution in [0, 0.1) is 30.6 Å². The van der Waals surface area contributed by atoms with Gasteiger partial charge in [0.1, 0.15) is 28.6 Å². The number of esters is 1. The SMILES string of the molecule is CO[C@H]1/C=C/O[C@@]2(C)Oc3c(C)c(O)c4c(O)c(c5c(c4c3C2=O)=NC2(CCN(C)CC2)CN=5)NC(=O)/C(C)=C\C=C\[C@H](C)[C@H](O)[C@@H](C)[C@@H](O)[C@@H](C)[C@H](OC(C)=O)[C@@H]1C. The van der Waals surface area contributed by atoms with Crippen molar-refractivity contribution in [2.75, 3.05) is 39.1 Å². The van der Waals surface area contributed by atoms with Crippen LogP contribution in [0.15, 0.2) is 46.1 Å². The van der Waals surface area contributed by atoms with Gasteiger partial charge in [-0.15, -0.1) is 0 Å². The Morgan fingerprint density at radius 1 is 0.966 bits per heavy atom. The number of ether oxygens (including phenoxy) is 4. The Kier molecular flexibility index (Phi) is 12.4. The van der Waals surface area contributed by atoms with Crippen molar-refractivity contribution in [2.45, 2.75) is 104 Å². The quantitative estimate of drug-likeness (QED) is 0.217. The summed E-state index contributed by atoms with van der Waals surface area (Å²) in [5.74, 6) is -6.90. The van der Waals surface area contributed by atoms with E-state index in [1.165, 1.54) is 27.2 Å². The van der Waals surface area contributed by atoms with E-state index in [4.69, 9.17) is 28.9 Å². The molecule has 5 N–H and O–H groups in total. The van der Waals surface area contributed by atoms with Gasteiger partial charge in [-0.05, 0) is 39.8 Å². The number of piperidine rings is 1. The number of likely N-dealkylation sites (tertiary alicyclic amines) is 1. The normalized spacial score (nSPS) is 33.5. The van der Waals surface area contributed by atoms with Crippen molar-refractivity contribution in [1.29, 1.82) is 0 Å². The number of carbonyl (C=O) groups is 3. The van der Waals surface area contributed by atoms with Gasteiger partial charge in [0.25, 0.3) is 11.7 Å². The molecule has 6 rings (SSSR count). The number of anilines is 1. The summed E-state index contributed by atoms with van der Waals surface area (Å²) in [5, 5.41) is 50.0. The van der Waals surface area contributed by atoms with E-state index < -0.39 is 82.8 Å². The van der Waals surface area contributed by atoms with Gasteiger partial charge in [-0.2, -0.15) is 0 Å². The minimum Gasteiger partial charge on any atom is -0.507 e. The van der Waals surface area contributed by atoms with Gasteiger partial charge in [0.2, 0.25) is 0 Å². The number of nitrogens with zero attached hydrogens (tertiary/aromatic N) is 3. The lowest BCUT2D eigenvalue weighted by molar-refractivity contribution is -0.160. The second kappa shape index (κ2) is 16.7. The highest BCUT2D eigenvalue weighted by molar-refractivity contribution is 6.19. The van der Waals surface area contributed by atoms with Gasteiger partial charge in [0.15, 0.2) is 5.75 Å². The minimum atomic E-state index is -1.96. The number of benzene rings is 2. The fourth-order valence-corrected chi connectivity index (χ4v) is 8.77. The summed E-state index contributed by atoms with van der Waals surface area (Å²) in [6.45, 7) is 14.7. The summed E-state index contributed by atoms with van der Waals surface area (Å²) in [4.78, 5) is 53.3. The van der Waals surface area contributed by atoms with Crippen molar-refractivity contribution in [1.82, 2.24) is 4.90 Å². The Morgan fingerprint density at radius 3 is 2.29 bits per heavy atom. The molecule has 4 aliphatic heterocycles. The average Bonchev–Trinajstić information content (AvgIpc) is 3.47. The lowest BCUT2D eigenvalue weighted by atomic mass is 9.78. The molecule has 2 aromatic carbocycles. The fourth-order valence-electron chi connectivity index (χ4n) is 8.77. The lowest BCUT2D eigenvalue weighted by Gasteiger charge is -2.38.